The number of nitrogens with zero attached hydrogens (tertiary/aromatic N) is 1. The third-order valence-electron chi connectivity index (χ3n) is 4.16. The molecule has 5 nitrogen and oxygen atoms in total. The van der Waals surface area contributed by atoms with Gasteiger partial charge in [0, 0.05) is 25.6 Å². The van der Waals surface area contributed by atoms with Crippen molar-refractivity contribution in [3.05, 3.63) is 35.9 Å². The van der Waals surface area contributed by atoms with Gasteiger partial charge in [0.05, 0.1) is 5.75 Å². The summed E-state index contributed by atoms with van der Waals surface area (Å²) in [6.07, 6.45) is 3.34. The number of nitrogens with one attached hydrogen (secondary N) is 1. The van der Waals surface area contributed by atoms with Gasteiger partial charge in [-0.3, -0.25) is 4.79 Å². The van der Waals surface area contributed by atoms with E-state index in [0.29, 0.717) is 38.8 Å². The van der Waals surface area contributed by atoms with Gasteiger partial charge in [0.25, 0.3) is 0 Å². The molecular formula is C17H26N2O3S. The molecule has 0 bridgehead atoms. The molecule has 2 rings (SSSR count). The van der Waals surface area contributed by atoms with E-state index in [2.05, 4.69) is 4.72 Å². The van der Waals surface area contributed by atoms with Crippen LogP contribution in [0.3, 0.4) is 0 Å². The fourth-order valence-electron chi connectivity index (χ4n) is 2.83. The number of benzene rings is 1. The van der Waals surface area contributed by atoms with Crippen molar-refractivity contribution in [3.8, 4) is 0 Å². The quantitative estimate of drug-likeness (QED) is 0.826. The van der Waals surface area contributed by atoms with E-state index in [0.717, 1.165) is 12.0 Å². The molecule has 1 aromatic rings. The van der Waals surface area contributed by atoms with E-state index in [1.807, 2.05) is 42.2 Å². The lowest BCUT2D eigenvalue weighted by molar-refractivity contribution is -0.132. The first-order valence-electron chi connectivity index (χ1n) is 8.32. The second kappa shape index (κ2) is 8.45. The van der Waals surface area contributed by atoms with Crippen LogP contribution in [-0.4, -0.2) is 44.1 Å². The summed E-state index contributed by atoms with van der Waals surface area (Å²) in [6, 6.07) is 9.57. The minimum atomic E-state index is -3.28. The number of likely N-dealkylation sites (tertiary alicyclic amines) is 1. The van der Waals surface area contributed by atoms with Crippen molar-refractivity contribution >= 4 is 15.9 Å². The first-order valence-corrected chi connectivity index (χ1v) is 9.97. The minimum Gasteiger partial charge on any atom is -0.343 e. The fourth-order valence-corrected chi connectivity index (χ4v) is 4.19. The molecule has 0 spiro atoms. The SMILES string of the molecule is CCCC(=O)N1CCC(NS(=O)(=O)CCc2ccccc2)CC1. The fraction of sp³-hybridized carbons (Fsp3) is 0.588. The van der Waals surface area contributed by atoms with E-state index in [-0.39, 0.29) is 17.7 Å². The first kappa shape index (κ1) is 17.9. The second-order valence-corrected chi connectivity index (χ2v) is 7.95. The highest BCUT2D eigenvalue weighted by molar-refractivity contribution is 7.89. The van der Waals surface area contributed by atoms with E-state index in [1.165, 1.54) is 0 Å². The van der Waals surface area contributed by atoms with E-state index in [4.69, 9.17) is 0 Å². The van der Waals surface area contributed by atoms with Crippen LogP contribution in [-0.2, 0) is 21.2 Å². The lowest BCUT2D eigenvalue weighted by atomic mass is 10.1. The van der Waals surface area contributed by atoms with Crippen molar-refractivity contribution in [1.29, 1.82) is 0 Å². The monoisotopic (exact) mass is 338 g/mol. The molecule has 0 saturated carbocycles. The molecule has 1 aliphatic heterocycles. The zero-order valence-corrected chi connectivity index (χ0v) is 14.5. The molecule has 1 saturated heterocycles. The van der Waals surface area contributed by atoms with Crippen LogP contribution >= 0.6 is 0 Å². The molecule has 1 aromatic carbocycles. The van der Waals surface area contributed by atoms with Crippen molar-refractivity contribution < 1.29 is 13.2 Å². The van der Waals surface area contributed by atoms with Gasteiger partial charge in [-0.15, -0.1) is 0 Å². The van der Waals surface area contributed by atoms with Crippen LogP contribution < -0.4 is 4.72 Å². The Bertz CT molecular complexity index is 594. The van der Waals surface area contributed by atoms with Gasteiger partial charge in [0.15, 0.2) is 0 Å². The van der Waals surface area contributed by atoms with Crippen molar-refractivity contribution in [2.45, 2.75) is 45.1 Å². The Morgan fingerprint density at radius 1 is 1.22 bits per heavy atom. The Hall–Kier alpha value is -1.40. The lowest BCUT2D eigenvalue weighted by Gasteiger charge is -2.32. The maximum Gasteiger partial charge on any atom is 0.222 e. The number of hydrogen-bond acceptors (Lipinski definition) is 3. The van der Waals surface area contributed by atoms with E-state index in [9.17, 15) is 13.2 Å². The number of piperidine rings is 1. The highest BCUT2D eigenvalue weighted by atomic mass is 32.2. The van der Waals surface area contributed by atoms with E-state index in [1.54, 1.807) is 0 Å². The molecule has 1 aliphatic rings. The molecule has 0 radical (unpaired) electrons. The number of amides is 1. The minimum absolute atomic E-state index is 0.0542. The van der Waals surface area contributed by atoms with Gasteiger partial charge >= 0.3 is 0 Å². The van der Waals surface area contributed by atoms with Crippen LogP contribution in [0.25, 0.3) is 0 Å². The lowest BCUT2D eigenvalue weighted by Crippen LogP contribution is -2.47. The van der Waals surface area contributed by atoms with Gasteiger partial charge in [0.2, 0.25) is 15.9 Å². The Morgan fingerprint density at radius 3 is 2.48 bits per heavy atom. The Balaban J connectivity index is 1.77. The maximum absolute atomic E-state index is 12.2. The van der Waals surface area contributed by atoms with Crippen molar-refractivity contribution in [2.75, 3.05) is 18.8 Å². The Labute approximate surface area is 139 Å². The van der Waals surface area contributed by atoms with Crippen LogP contribution in [0.1, 0.15) is 38.2 Å². The summed E-state index contributed by atoms with van der Waals surface area (Å²) in [5.41, 5.74) is 1.03. The molecule has 1 fully saturated rings. The summed E-state index contributed by atoms with van der Waals surface area (Å²) in [4.78, 5) is 13.7. The smallest absolute Gasteiger partial charge is 0.222 e. The van der Waals surface area contributed by atoms with Gasteiger partial charge < -0.3 is 4.90 Å². The number of carbonyl (C=O) groups is 1. The predicted molar refractivity (Wildman–Crippen MR) is 91.6 cm³/mol. The highest BCUT2D eigenvalue weighted by Gasteiger charge is 2.25. The van der Waals surface area contributed by atoms with Crippen LogP contribution in [0.4, 0.5) is 0 Å². The molecule has 1 N–H and O–H groups in total. The third-order valence-corrected chi connectivity index (χ3v) is 5.59. The van der Waals surface area contributed by atoms with Gasteiger partial charge in [-0.2, -0.15) is 0 Å². The van der Waals surface area contributed by atoms with Crippen molar-refractivity contribution in [1.82, 2.24) is 9.62 Å². The summed E-state index contributed by atoms with van der Waals surface area (Å²) >= 11 is 0. The zero-order valence-electron chi connectivity index (χ0n) is 13.7. The molecule has 0 unspecified atom stereocenters. The molecule has 0 aromatic heterocycles. The standard InChI is InChI=1S/C17H26N2O3S/c1-2-6-17(20)19-12-9-16(10-13-19)18-23(21,22)14-11-15-7-4-3-5-8-15/h3-5,7-8,16,18H,2,6,9-14H2,1H3. The zero-order chi connectivity index (χ0) is 16.7. The number of carbonyl (C=O) groups excluding carboxylic acids is 1. The first-order chi connectivity index (χ1) is 11.0. The molecule has 1 amide bonds. The van der Waals surface area contributed by atoms with Crippen molar-refractivity contribution in [3.63, 3.8) is 0 Å². The molecule has 128 valence electrons. The molecule has 23 heavy (non-hydrogen) atoms. The number of sulfonamides is 1. The van der Waals surface area contributed by atoms with Crippen LogP contribution in [0.15, 0.2) is 30.3 Å². The summed E-state index contributed by atoms with van der Waals surface area (Å²) in [7, 11) is -3.28. The molecule has 0 aliphatic carbocycles. The summed E-state index contributed by atoms with van der Waals surface area (Å²) < 4.78 is 27.2. The number of aryl methyl sites for hydroxylation is 1. The predicted octanol–water partition coefficient (Wildman–Crippen LogP) is 1.94. The molecular weight excluding hydrogens is 312 g/mol. The van der Waals surface area contributed by atoms with Gasteiger partial charge in [-0.25, -0.2) is 13.1 Å². The molecule has 6 heteroatoms. The maximum atomic E-state index is 12.2. The van der Waals surface area contributed by atoms with E-state index < -0.39 is 10.0 Å². The average Bonchev–Trinajstić information content (AvgIpc) is 2.55. The van der Waals surface area contributed by atoms with Crippen LogP contribution in [0.2, 0.25) is 0 Å². The molecule has 1 heterocycles. The summed E-state index contributed by atoms with van der Waals surface area (Å²) in [6.45, 7) is 3.28. The normalized spacial score (nSPS) is 16.5. The van der Waals surface area contributed by atoms with Gasteiger partial charge in [0.1, 0.15) is 0 Å². The number of rotatable bonds is 7. The van der Waals surface area contributed by atoms with Crippen LogP contribution in [0.5, 0.6) is 0 Å². The second-order valence-electron chi connectivity index (χ2n) is 6.08. The number of hydrogen-bond donors (Lipinski definition) is 1. The topological polar surface area (TPSA) is 66.5 Å². The van der Waals surface area contributed by atoms with Crippen molar-refractivity contribution in [2.24, 2.45) is 0 Å². The summed E-state index contributed by atoms with van der Waals surface area (Å²) in [5, 5.41) is 0. The average molecular weight is 338 g/mol. The Kier molecular flexibility index (Phi) is 6.59. The van der Waals surface area contributed by atoms with Gasteiger partial charge in [-0.1, -0.05) is 37.3 Å². The van der Waals surface area contributed by atoms with E-state index >= 15 is 0 Å². The largest absolute Gasteiger partial charge is 0.343 e. The highest BCUT2D eigenvalue weighted by Crippen LogP contribution is 2.13. The molecule has 0 atom stereocenters. The third kappa shape index (κ3) is 5.95. The van der Waals surface area contributed by atoms with Crippen LogP contribution in [0, 0.1) is 0 Å². The summed E-state index contributed by atoms with van der Waals surface area (Å²) in [5.74, 6) is 0.282. The Morgan fingerprint density at radius 2 is 1.87 bits per heavy atom. The van der Waals surface area contributed by atoms with Gasteiger partial charge in [-0.05, 0) is 31.2 Å².